The molecule has 0 spiro atoms. The van der Waals surface area contributed by atoms with Crippen LogP contribution in [-0.4, -0.2) is 27.7 Å². The van der Waals surface area contributed by atoms with Gasteiger partial charge in [0.05, 0.1) is 24.2 Å². The zero-order valence-electron chi connectivity index (χ0n) is 10.7. The van der Waals surface area contributed by atoms with E-state index < -0.39 is 10.1 Å². The molecular weight excluding hydrogens is 264 g/mol. The third-order valence-corrected chi connectivity index (χ3v) is 4.31. The van der Waals surface area contributed by atoms with Gasteiger partial charge < -0.3 is 4.74 Å². The molecule has 2 rings (SSSR count). The van der Waals surface area contributed by atoms with Gasteiger partial charge >= 0.3 is 0 Å². The van der Waals surface area contributed by atoms with Crippen LogP contribution in [0.5, 0.6) is 0 Å². The molecule has 0 saturated carbocycles. The number of hydrogen-bond acceptors (Lipinski definition) is 4. The first-order valence-corrected chi connectivity index (χ1v) is 7.45. The third-order valence-electron chi connectivity index (χ3n) is 3.01. The highest BCUT2D eigenvalue weighted by molar-refractivity contribution is 7.86. The van der Waals surface area contributed by atoms with Crippen molar-refractivity contribution in [2.45, 2.75) is 24.3 Å². The van der Waals surface area contributed by atoms with E-state index in [1.807, 2.05) is 6.92 Å². The number of terminal acetylenes is 1. The lowest BCUT2D eigenvalue weighted by atomic mass is 10.0. The zero-order chi connectivity index (χ0) is 13.9. The Hall–Kier alpha value is -1.35. The minimum absolute atomic E-state index is 0.0317. The van der Waals surface area contributed by atoms with Crippen LogP contribution in [0.4, 0.5) is 0 Å². The van der Waals surface area contributed by atoms with E-state index in [4.69, 9.17) is 15.3 Å². The molecule has 1 aliphatic rings. The molecule has 1 aromatic carbocycles. The minimum Gasteiger partial charge on any atom is -0.373 e. The zero-order valence-corrected chi connectivity index (χ0v) is 11.5. The number of aryl methyl sites for hydroxylation is 1. The van der Waals surface area contributed by atoms with Crippen molar-refractivity contribution in [2.24, 2.45) is 5.92 Å². The van der Waals surface area contributed by atoms with Gasteiger partial charge in [0, 0.05) is 12.3 Å². The van der Waals surface area contributed by atoms with Crippen LogP contribution in [0.1, 0.15) is 12.0 Å². The molecule has 2 atom stereocenters. The van der Waals surface area contributed by atoms with Gasteiger partial charge in [-0.15, -0.1) is 12.3 Å². The molecule has 1 aromatic rings. The second-order valence-corrected chi connectivity index (χ2v) is 6.21. The molecule has 0 bridgehead atoms. The van der Waals surface area contributed by atoms with E-state index in [1.54, 1.807) is 12.1 Å². The predicted molar refractivity (Wildman–Crippen MR) is 71.0 cm³/mol. The number of rotatable bonds is 6. The van der Waals surface area contributed by atoms with Crippen molar-refractivity contribution in [3.8, 4) is 12.3 Å². The lowest BCUT2D eigenvalue weighted by Crippen LogP contribution is -2.19. The summed E-state index contributed by atoms with van der Waals surface area (Å²) in [5.41, 5.74) is 0.996. The third kappa shape index (κ3) is 3.80. The van der Waals surface area contributed by atoms with Gasteiger partial charge in [0.2, 0.25) is 0 Å². The Labute approximate surface area is 113 Å². The number of epoxide rings is 1. The first kappa shape index (κ1) is 14.1. The van der Waals surface area contributed by atoms with E-state index in [-0.39, 0.29) is 23.5 Å². The van der Waals surface area contributed by atoms with Crippen molar-refractivity contribution >= 4 is 10.1 Å². The normalized spacial score (nSPS) is 19.7. The van der Waals surface area contributed by atoms with Gasteiger partial charge in [0.1, 0.15) is 0 Å². The fourth-order valence-corrected chi connectivity index (χ4v) is 2.69. The molecule has 0 N–H and O–H groups in total. The van der Waals surface area contributed by atoms with Crippen LogP contribution >= 0.6 is 0 Å². The monoisotopic (exact) mass is 280 g/mol. The van der Waals surface area contributed by atoms with Crippen molar-refractivity contribution in [2.75, 3.05) is 13.2 Å². The molecular formula is C14H16O4S. The Balaban J connectivity index is 2.01. The van der Waals surface area contributed by atoms with Crippen LogP contribution in [0.15, 0.2) is 29.2 Å². The smallest absolute Gasteiger partial charge is 0.296 e. The number of hydrogen-bond donors (Lipinski definition) is 0. The lowest BCUT2D eigenvalue weighted by Gasteiger charge is -2.12. The molecule has 4 nitrogen and oxygen atoms in total. The van der Waals surface area contributed by atoms with Crippen molar-refractivity contribution in [1.29, 1.82) is 0 Å². The van der Waals surface area contributed by atoms with Crippen LogP contribution in [-0.2, 0) is 19.0 Å². The Morgan fingerprint density at radius 1 is 1.47 bits per heavy atom. The summed E-state index contributed by atoms with van der Waals surface area (Å²) < 4.78 is 34.2. The van der Waals surface area contributed by atoms with Crippen molar-refractivity contribution in [1.82, 2.24) is 0 Å². The van der Waals surface area contributed by atoms with Crippen molar-refractivity contribution in [3.63, 3.8) is 0 Å². The SMILES string of the molecule is C#CC[C@H](COS(=O)(=O)c1ccc(C)cc1)[C@@H]1CO1. The fraction of sp³-hybridized carbons (Fsp3) is 0.429. The Morgan fingerprint density at radius 2 is 2.11 bits per heavy atom. The summed E-state index contributed by atoms with van der Waals surface area (Å²) in [6.07, 6.45) is 5.74. The van der Waals surface area contributed by atoms with Gasteiger partial charge in [-0.25, -0.2) is 0 Å². The van der Waals surface area contributed by atoms with E-state index in [9.17, 15) is 8.42 Å². The van der Waals surface area contributed by atoms with Gasteiger partial charge in [0.25, 0.3) is 10.1 Å². The predicted octanol–water partition coefficient (Wildman–Crippen LogP) is 1.74. The quantitative estimate of drug-likeness (QED) is 0.452. The van der Waals surface area contributed by atoms with E-state index >= 15 is 0 Å². The van der Waals surface area contributed by atoms with Gasteiger partial charge in [-0.1, -0.05) is 17.7 Å². The van der Waals surface area contributed by atoms with Gasteiger partial charge in [-0.05, 0) is 19.1 Å². The topological polar surface area (TPSA) is 55.9 Å². The van der Waals surface area contributed by atoms with Crippen molar-refractivity contribution < 1.29 is 17.3 Å². The van der Waals surface area contributed by atoms with E-state index in [2.05, 4.69) is 5.92 Å². The summed E-state index contributed by atoms with van der Waals surface area (Å²) in [5.74, 6) is 2.45. The Kier molecular flexibility index (Phi) is 4.25. The summed E-state index contributed by atoms with van der Waals surface area (Å²) >= 11 is 0. The number of ether oxygens (including phenoxy) is 1. The highest BCUT2D eigenvalue weighted by atomic mass is 32.2. The maximum atomic E-state index is 12.0. The van der Waals surface area contributed by atoms with Gasteiger partial charge in [-0.2, -0.15) is 8.42 Å². The second-order valence-electron chi connectivity index (χ2n) is 4.59. The highest BCUT2D eigenvalue weighted by Crippen LogP contribution is 2.24. The summed E-state index contributed by atoms with van der Waals surface area (Å²) in [6, 6.07) is 6.54. The molecule has 0 aromatic heterocycles. The van der Waals surface area contributed by atoms with Crippen LogP contribution in [0, 0.1) is 25.2 Å². The molecule has 5 heteroatoms. The summed E-state index contributed by atoms with van der Waals surface area (Å²) in [4.78, 5) is 0.161. The first-order valence-electron chi connectivity index (χ1n) is 6.04. The first-order chi connectivity index (χ1) is 9.03. The van der Waals surface area contributed by atoms with Crippen LogP contribution < -0.4 is 0 Å². The molecule has 1 fully saturated rings. The molecule has 19 heavy (non-hydrogen) atoms. The fourth-order valence-electron chi connectivity index (χ4n) is 1.73. The largest absolute Gasteiger partial charge is 0.373 e. The summed E-state index contributed by atoms with van der Waals surface area (Å²) in [7, 11) is -3.72. The molecule has 0 aliphatic carbocycles. The standard InChI is InChI=1S/C14H16O4S/c1-3-4-12(14-10-17-14)9-18-19(15,16)13-7-5-11(2)6-8-13/h1,5-8,12,14H,4,9-10H2,2H3/t12-,14+/m1/s1. The average Bonchev–Trinajstić information content (AvgIpc) is 3.19. The molecule has 0 amide bonds. The Bertz CT molecular complexity index is 564. The van der Waals surface area contributed by atoms with Crippen LogP contribution in [0.25, 0.3) is 0 Å². The molecule has 1 aliphatic heterocycles. The van der Waals surface area contributed by atoms with Gasteiger partial charge in [0.15, 0.2) is 0 Å². The summed E-state index contributed by atoms with van der Waals surface area (Å²) in [5, 5.41) is 0. The van der Waals surface area contributed by atoms with Gasteiger partial charge in [-0.3, -0.25) is 4.18 Å². The average molecular weight is 280 g/mol. The minimum atomic E-state index is -3.72. The lowest BCUT2D eigenvalue weighted by molar-refractivity contribution is 0.218. The van der Waals surface area contributed by atoms with E-state index in [0.29, 0.717) is 13.0 Å². The van der Waals surface area contributed by atoms with Crippen LogP contribution in [0.3, 0.4) is 0 Å². The van der Waals surface area contributed by atoms with Crippen molar-refractivity contribution in [3.05, 3.63) is 29.8 Å². The molecule has 1 saturated heterocycles. The maximum Gasteiger partial charge on any atom is 0.296 e. The number of benzene rings is 1. The molecule has 0 unspecified atom stereocenters. The molecule has 1 heterocycles. The molecule has 0 radical (unpaired) electrons. The second kappa shape index (κ2) is 5.74. The van der Waals surface area contributed by atoms with Crippen LogP contribution in [0.2, 0.25) is 0 Å². The highest BCUT2D eigenvalue weighted by Gasteiger charge is 2.33. The Morgan fingerprint density at radius 3 is 2.63 bits per heavy atom. The van der Waals surface area contributed by atoms with E-state index in [0.717, 1.165) is 5.56 Å². The summed E-state index contributed by atoms with van der Waals surface area (Å²) in [6.45, 7) is 2.58. The maximum absolute atomic E-state index is 12.0. The molecule has 102 valence electrons. The van der Waals surface area contributed by atoms with E-state index in [1.165, 1.54) is 12.1 Å².